The molecule has 3 aromatic rings. The lowest BCUT2D eigenvalue weighted by molar-refractivity contribution is 0.0204. The maximum absolute atomic E-state index is 13.0. The summed E-state index contributed by atoms with van der Waals surface area (Å²) in [6, 6.07) is 13.8. The Hall–Kier alpha value is -3.48. The number of piperidine rings is 1. The molecule has 0 unspecified atom stereocenters. The van der Waals surface area contributed by atoms with Gasteiger partial charge in [0.2, 0.25) is 0 Å². The number of H-pyrrole nitrogens is 1. The van der Waals surface area contributed by atoms with Crippen molar-refractivity contribution in [1.82, 2.24) is 9.88 Å². The summed E-state index contributed by atoms with van der Waals surface area (Å²) in [5.41, 5.74) is 3.71. The summed E-state index contributed by atoms with van der Waals surface area (Å²) < 4.78 is 10.9. The normalized spacial score (nSPS) is 14.8. The second-order valence-electron chi connectivity index (χ2n) is 9.83. The molecule has 0 saturated carbocycles. The summed E-state index contributed by atoms with van der Waals surface area (Å²) in [7, 11) is 1.62. The number of nitrogens with zero attached hydrogens (tertiary/aromatic N) is 1. The van der Waals surface area contributed by atoms with E-state index in [0.717, 1.165) is 35.0 Å². The van der Waals surface area contributed by atoms with E-state index in [0.29, 0.717) is 30.5 Å². The maximum Gasteiger partial charge on any atom is 0.410 e. The molecule has 0 radical (unpaired) electrons. The largest absolute Gasteiger partial charge is 0.495 e. The molecule has 0 bridgehead atoms. The zero-order valence-electron chi connectivity index (χ0n) is 20.5. The predicted octanol–water partition coefficient (Wildman–Crippen LogP) is 5.85. The molecule has 0 aliphatic carbocycles. The highest BCUT2D eigenvalue weighted by atomic mass is 16.6. The predicted molar refractivity (Wildman–Crippen MR) is 134 cm³/mol. The molecule has 7 heteroatoms. The van der Waals surface area contributed by atoms with Gasteiger partial charge in [-0.1, -0.05) is 24.3 Å². The van der Waals surface area contributed by atoms with Crippen LogP contribution in [0.5, 0.6) is 5.75 Å². The van der Waals surface area contributed by atoms with Gasteiger partial charge in [-0.3, -0.25) is 4.79 Å². The summed E-state index contributed by atoms with van der Waals surface area (Å²) in [6.07, 6.45) is 1.54. The molecule has 1 aliphatic heterocycles. The number of carbonyl (C=O) groups is 2. The Morgan fingerprint density at radius 3 is 2.35 bits per heavy atom. The smallest absolute Gasteiger partial charge is 0.410 e. The first kappa shape index (κ1) is 23.7. The zero-order valence-corrected chi connectivity index (χ0v) is 20.5. The van der Waals surface area contributed by atoms with Gasteiger partial charge < -0.3 is 24.7 Å². The average Bonchev–Trinajstić information content (AvgIpc) is 3.15. The highest BCUT2D eigenvalue weighted by Crippen LogP contribution is 2.31. The number of anilines is 1. The van der Waals surface area contributed by atoms with Gasteiger partial charge in [-0.25, -0.2) is 4.79 Å². The number of hydrogen-bond donors (Lipinski definition) is 2. The molecule has 180 valence electrons. The number of hydrogen-bond acceptors (Lipinski definition) is 4. The summed E-state index contributed by atoms with van der Waals surface area (Å²) in [6.45, 7) is 8.94. The number of ether oxygens (including phenoxy) is 2. The minimum absolute atomic E-state index is 0.186. The quantitative estimate of drug-likeness (QED) is 0.508. The fourth-order valence-electron chi connectivity index (χ4n) is 4.48. The number of aryl methyl sites for hydroxylation is 1. The molecular weight excluding hydrogens is 430 g/mol. The SMILES string of the molecule is COc1cccc2c(C)c(C(=O)Nc3ccc(C4CCN(C(=O)OC(C)(C)C)CC4)cc3)[nH]c12. The van der Waals surface area contributed by atoms with Crippen LogP contribution >= 0.6 is 0 Å². The van der Waals surface area contributed by atoms with Crippen molar-refractivity contribution < 1.29 is 19.1 Å². The van der Waals surface area contributed by atoms with Crippen molar-refractivity contribution in [3.05, 3.63) is 59.3 Å². The van der Waals surface area contributed by atoms with E-state index in [2.05, 4.69) is 22.4 Å². The van der Waals surface area contributed by atoms with Gasteiger partial charge in [0.1, 0.15) is 17.0 Å². The van der Waals surface area contributed by atoms with Crippen LogP contribution in [0.1, 0.15) is 61.1 Å². The summed E-state index contributed by atoms with van der Waals surface area (Å²) >= 11 is 0. The molecule has 2 amide bonds. The van der Waals surface area contributed by atoms with Gasteiger partial charge in [0, 0.05) is 24.2 Å². The van der Waals surface area contributed by atoms with Gasteiger partial charge in [0.05, 0.1) is 12.6 Å². The highest BCUT2D eigenvalue weighted by Gasteiger charge is 2.27. The number of fused-ring (bicyclic) bond motifs is 1. The second kappa shape index (κ2) is 9.41. The summed E-state index contributed by atoms with van der Waals surface area (Å²) in [5, 5.41) is 3.96. The number of carbonyl (C=O) groups excluding carboxylic acids is 2. The first-order chi connectivity index (χ1) is 16.2. The Balaban J connectivity index is 1.38. The van der Waals surface area contributed by atoms with E-state index in [-0.39, 0.29) is 12.0 Å². The van der Waals surface area contributed by atoms with Gasteiger partial charge in [0.25, 0.3) is 5.91 Å². The van der Waals surface area contributed by atoms with Crippen molar-refractivity contribution in [3.63, 3.8) is 0 Å². The van der Waals surface area contributed by atoms with Crippen LogP contribution in [-0.2, 0) is 4.74 Å². The van der Waals surface area contributed by atoms with Crippen LogP contribution < -0.4 is 10.1 Å². The number of benzene rings is 2. The lowest BCUT2D eigenvalue weighted by atomic mass is 9.89. The number of likely N-dealkylation sites (tertiary alicyclic amines) is 1. The minimum atomic E-state index is -0.480. The molecule has 2 aromatic carbocycles. The molecule has 4 rings (SSSR count). The first-order valence-corrected chi connectivity index (χ1v) is 11.7. The van der Waals surface area contributed by atoms with Crippen LogP contribution in [0.15, 0.2) is 42.5 Å². The van der Waals surface area contributed by atoms with Crippen molar-refractivity contribution in [1.29, 1.82) is 0 Å². The van der Waals surface area contributed by atoms with Gasteiger partial charge >= 0.3 is 6.09 Å². The average molecular weight is 464 g/mol. The number of amides is 2. The Labute approximate surface area is 200 Å². The van der Waals surface area contributed by atoms with Gasteiger partial charge in [-0.2, -0.15) is 0 Å². The van der Waals surface area contributed by atoms with Crippen LogP contribution in [-0.4, -0.2) is 47.7 Å². The van der Waals surface area contributed by atoms with E-state index in [9.17, 15) is 9.59 Å². The number of rotatable bonds is 4. The summed E-state index contributed by atoms with van der Waals surface area (Å²) in [4.78, 5) is 30.2. The standard InChI is InChI=1S/C27H33N3O4/c1-17-21-7-6-8-22(33-5)24(21)29-23(17)25(31)28-20-11-9-18(10-12-20)19-13-15-30(16-14-19)26(32)34-27(2,3)4/h6-12,19,29H,13-16H2,1-5H3,(H,28,31). The molecule has 1 fully saturated rings. The van der Waals surface area contributed by atoms with Crippen molar-refractivity contribution in [2.24, 2.45) is 0 Å². The molecule has 1 aliphatic rings. The molecular formula is C27H33N3O4. The van der Waals surface area contributed by atoms with Crippen LogP contribution in [0.3, 0.4) is 0 Å². The zero-order chi connectivity index (χ0) is 24.5. The highest BCUT2D eigenvalue weighted by molar-refractivity contribution is 6.08. The van der Waals surface area contributed by atoms with Crippen LogP contribution in [0.4, 0.5) is 10.5 Å². The van der Waals surface area contributed by atoms with Gasteiger partial charge in [0.15, 0.2) is 0 Å². The monoisotopic (exact) mass is 463 g/mol. The molecule has 0 spiro atoms. The van der Waals surface area contributed by atoms with E-state index >= 15 is 0 Å². The lowest BCUT2D eigenvalue weighted by Gasteiger charge is -2.33. The third-order valence-electron chi connectivity index (χ3n) is 6.29. The molecule has 2 heterocycles. The van der Waals surface area contributed by atoms with Crippen molar-refractivity contribution in [2.45, 2.75) is 52.1 Å². The first-order valence-electron chi connectivity index (χ1n) is 11.7. The summed E-state index contributed by atoms with van der Waals surface area (Å²) in [5.74, 6) is 0.905. The third kappa shape index (κ3) is 5.03. The Morgan fingerprint density at radius 2 is 1.74 bits per heavy atom. The van der Waals surface area contributed by atoms with E-state index in [4.69, 9.17) is 9.47 Å². The Kier molecular flexibility index (Phi) is 6.55. The second-order valence-corrected chi connectivity index (χ2v) is 9.83. The van der Waals surface area contributed by atoms with Gasteiger partial charge in [-0.05, 0) is 75.8 Å². The topological polar surface area (TPSA) is 83.7 Å². The third-order valence-corrected chi connectivity index (χ3v) is 6.29. The van der Waals surface area contributed by atoms with Crippen molar-refractivity contribution >= 4 is 28.6 Å². The fourth-order valence-corrected chi connectivity index (χ4v) is 4.48. The Morgan fingerprint density at radius 1 is 1.06 bits per heavy atom. The van der Waals surface area contributed by atoms with E-state index in [1.165, 1.54) is 5.56 Å². The number of aromatic nitrogens is 1. The van der Waals surface area contributed by atoms with E-state index < -0.39 is 5.60 Å². The van der Waals surface area contributed by atoms with Crippen LogP contribution in [0.2, 0.25) is 0 Å². The fraction of sp³-hybridized carbons (Fsp3) is 0.407. The lowest BCUT2D eigenvalue weighted by Crippen LogP contribution is -2.41. The Bertz CT molecular complexity index is 1180. The minimum Gasteiger partial charge on any atom is -0.495 e. The molecule has 7 nitrogen and oxygen atoms in total. The van der Waals surface area contributed by atoms with Gasteiger partial charge in [-0.15, -0.1) is 0 Å². The number of para-hydroxylation sites is 1. The van der Waals surface area contributed by atoms with Crippen LogP contribution in [0.25, 0.3) is 10.9 Å². The van der Waals surface area contributed by atoms with Crippen LogP contribution in [0, 0.1) is 6.92 Å². The molecule has 2 N–H and O–H groups in total. The van der Waals surface area contributed by atoms with E-state index in [1.54, 1.807) is 12.0 Å². The maximum atomic E-state index is 13.0. The molecule has 1 saturated heterocycles. The molecule has 1 aromatic heterocycles. The number of aromatic amines is 1. The van der Waals surface area contributed by atoms with Crippen molar-refractivity contribution in [2.75, 3.05) is 25.5 Å². The molecule has 34 heavy (non-hydrogen) atoms. The number of nitrogens with one attached hydrogen (secondary N) is 2. The number of methoxy groups -OCH3 is 1. The van der Waals surface area contributed by atoms with E-state index in [1.807, 2.05) is 58.0 Å². The molecule has 0 atom stereocenters. The van der Waals surface area contributed by atoms with Crippen molar-refractivity contribution in [3.8, 4) is 5.75 Å².